The average molecular weight is 304 g/mol. The van der Waals surface area contributed by atoms with Crippen LogP contribution in [0.2, 0.25) is 0 Å². The highest BCUT2D eigenvalue weighted by Crippen LogP contribution is 2.65. The Bertz CT molecular complexity index is 363. The van der Waals surface area contributed by atoms with Gasteiger partial charge in [0.15, 0.2) is 0 Å². The number of rotatable bonds is 3. The Morgan fingerprint density at radius 3 is 2.20 bits per heavy atom. The van der Waals surface area contributed by atoms with Crippen LogP contribution in [0.5, 0.6) is 0 Å². The van der Waals surface area contributed by atoms with Crippen LogP contribution in [0, 0.1) is 0 Å². The molecule has 0 heterocycles. The van der Waals surface area contributed by atoms with Crippen LogP contribution in [0.1, 0.15) is 6.92 Å². The third-order valence-corrected chi connectivity index (χ3v) is 8.82. The average Bonchev–Trinajstić information content (AvgIpc) is 2.18. The Hall–Kier alpha value is 0.700. The normalized spacial score (nSPS) is 16.0. The second kappa shape index (κ2) is 5.35. The van der Waals surface area contributed by atoms with E-state index in [0.717, 1.165) is 5.30 Å². The molecule has 6 heteroatoms. The molecule has 0 saturated heterocycles. The van der Waals surface area contributed by atoms with Crippen LogP contribution in [0.3, 0.4) is 0 Å². The van der Waals surface area contributed by atoms with E-state index in [0.29, 0.717) is 6.61 Å². The van der Waals surface area contributed by atoms with Gasteiger partial charge < -0.3 is 4.52 Å². The second-order valence-electron chi connectivity index (χ2n) is 2.77. The molecular weight excluding hydrogens is 293 g/mol. The minimum atomic E-state index is -2.63. The van der Waals surface area contributed by atoms with Crippen LogP contribution in [0.25, 0.3) is 0 Å². The van der Waals surface area contributed by atoms with Crippen molar-refractivity contribution in [2.75, 3.05) is 6.61 Å². The van der Waals surface area contributed by atoms with Crippen molar-refractivity contribution < 1.29 is 4.52 Å². The van der Waals surface area contributed by atoms with E-state index in [1.807, 2.05) is 37.3 Å². The Kier molecular flexibility index (Phi) is 4.91. The van der Waals surface area contributed by atoms with Crippen molar-refractivity contribution in [1.82, 2.24) is 0 Å². The first kappa shape index (κ1) is 13.8. The zero-order chi connectivity index (χ0) is 11.5. The fraction of sp³-hybridized carbons (Fsp3) is 0.333. The Morgan fingerprint density at radius 2 is 1.80 bits per heavy atom. The SMILES string of the molecule is CCOP(=S)(c1ccccc1)C(Cl)(Cl)Cl. The van der Waals surface area contributed by atoms with E-state index in [9.17, 15) is 0 Å². The zero-order valence-electron chi connectivity index (χ0n) is 7.99. The highest BCUT2D eigenvalue weighted by Gasteiger charge is 2.41. The van der Waals surface area contributed by atoms with Gasteiger partial charge in [0.25, 0.3) is 0 Å². The largest absolute Gasteiger partial charge is 0.343 e. The first-order chi connectivity index (χ1) is 6.92. The van der Waals surface area contributed by atoms with Crippen LogP contribution >= 0.6 is 41.1 Å². The van der Waals surface area contributed by atoms with Gasteiger partial charge in [-0.2, -0.15) is 0 Å². The minimum Gasteiger partial charge on any atom is -0.343 e. The summed E-state index contributed by atoms with van der Waals surface area (Å²) < 4.78 is 3.94. The van der Waals surface area contributed by atoms with E-state index in [-0.39, 0.29) is 0 Å². The fourth-order valence-corrected chi connectivity index (χ4v) is 4.62. The minimum absolute atomic E-state index is 0.431. The first-order valence-corrected chi connectivity index (χ1v) is 8.14. The van der Waals surface area contributed by atoms with Crippen molar-refractivity contribution in [2.24, 2.45) is 0 Å². The summed E-state index contributed by atoms with van der Waals surface area (Å²) in [5.41, 5.74) is 0. The lowest BCUT2D eigenvalue weighted by Crippen LogP contribution is -2.18. The standard InChI is InChI=1S/C9H10Cl3OPS/c1-2-13-14(15,9(10,11)12)8-6-4-3-5-7-8/h3-7H,2H2,1H3. The molecule has 0 saturated carbocycles. The van der Waals surface area contributed by atoms with Crippen LogP contribution in [0.15, 0.2) is 30.3 Å². The maximum Gasteiger partial charge on any atom is 0.244 e. The van der Waals surface area contributed by atoms with Gasteiger partial charge >= 0.3 is 0 Å². The van der Waals surface area contributed by atoms with Crippen LogP contribution in [0.4, 0.5) is 0 Å². The molecule has 1 aromatic carbocycles. The summed E-state index contributed by atoms with van der Waals surface area (Å²) in [5, 5.41) is 0.779. The first-order valence-electron chi connectivity index (χ1n) is 4.29. The lowest BCUT2D eigenvalue weighted by Gasteiger charge is -2.28. The molecule has 1 unspecified atom stereocenters. The summed E-state index contributed by atoms with van der Waals surface area (Å²) in [4.78, 5) is 0. The van der Waals surface area contributed by atoms with Gasteiger partial charge in [-0.3, -0.25) is 0 Å². The number of benzene rings is 1. The number of hydrogen-bond acceptors (Lipinski definition) is 2. The monoisotopic (exact) mass is 302 g/mol. The van der Waals surface area contributed by atoms with E-state index in [4.69, 9.17) is 51.1 Å². The molecule has 0 amide bonds. The molecule has 0 N–H and O–H groups in total. The van der Waals surface area contributed by atoms with Gasteiger partial charge in [0.2, 0.25) is 3.53 Å². The molecule has 0 aliphatic heterocycles. The predicted octanol–water partition coefficient (Wildman–Crippen LogP) is 4.07. The maximum atomic E-state index is 5.90. The zero-order valence-corrected chi connectivity index (χ0v) is 12.0. The molecule has 0 aliphatic carbocycles. The highest BCUT2D eigenvalue weighted by atomic mass is 35.6. The van der Waals surface area contributed by atoms with Gasteiger partial charge in [0, 0.05) is 11.9 Å². The van der Waals surface area contributed by atoms with Crippen LogP contribution < -0.4 is 5.30 Å². The molecule has 15 heavy (non-hydrogen) atoms. The summed E-state index contributed by atoms with van der Waals surface area (Å²) in [6, 6.07) is 9.25. The summed E-state index contributed by atoms with van der Waals surface area (Å²) in [5.74, 6) is 0. The fourth-order valence-electron chi connectivity index (χ4n) is 1.10. The van der Waals surface area contributed by atoms with Gasteiger partial charge in [0.1, 0.15) is 6.26 Å². The summed E-state index contributed by atoms with van der Waals surface area (Å²) in [6.07, 6.45) is -2.63. The molecule has 1 atom stereocenters. The van der Waals surface area contributed by atoms with E-state index >= 15 is 0 Å². The molecular formula is C9H10Cl3OPS. The van der Waals surface area contributed by atoms with Crippen molar-refractivity contribution in [1.29, 1.82) is 0 Å². The summed E-state index contributed by atoms with van der Waals surface area (Å²) in [6.45, 7) is 2.26. The van der Waals surface area contributed by atoms with Gasteiger partial charge in [-0.05, 0) is 6.92 Å². The van der Waals surface area contributed by atoms with E-state index in [2.05, 4.69) is 0 Å². The van der Waals surface area contributed by atoms with E-state index in [1.165, 1.54) is 0 Å². The molecule has 1 nitrogen and oxygen atoms in total. The third-order valence-electron chi connectivity index (χ3n) is 1.74. The molecule has 0 spiro atoms. The molecule has 0 aliphatic rings. The third kappa shape index (κ3) is 3.09. The Morgan fingerprint density at radius 1 is 1.27 bits per heavy atom. The Labute approximate surface area is 110 Å². The Balaban J connectivity index is 3.20. The van der Waals surface area contributed by atoms with Gasteiger partial charge in [-0.25, -0.2) is 0 Å². The molecule has 1 aromatic rings. The molecule has 0 fully saturated rings. The topological polar surface area (TPSA) is 9.23 Å². The van der Waals surface area contributed by atoms with Gasteiger partial charge in [-0.1, -0.05) is 76.9 Å². The van der Waals surface area contributed by atoms with Crippen molar-refractivity contribution >= 4 is 58.2 Å². The van der Waals surface area contributed by atoms with Gasteiger partial charge in [-0.15, -0.1) is 0 Å². The van der Waals surface area contributed by atoms with E-state index in [1.54, 1.807) is 0 Å². The van der Waals surface area contributed by atoms with Crippen molar-refractivity contribution in [3.63, 3.8) is 0 Å². The maximum absolute atomic E-state index is 5.90. The quantitative estimate of drug-likeness (QED) is 0.615. The van der Waals surface area contributed by atoms with Crippen molar-refractivity contribution in [2.45, 2.75) is 10.5 Å². The predicted molar refractivity (Wildman–Crippen MR) is 72.3 cm³/mol. The smallest absolute Gasteiger partial charge is 0.244 e. The molecule has 0 bridgehead atoms. The molecule has 0 aromatic heterocycles. The second-order valence-corrected chi connectivity index (χ2v) is 9.94. The van der Waals surface area contributed by atoms with E-state index < -0.39 is 9.80 Å². The lowest BCUT2D eigenvalue weighted by atomic mass is 10.4. The molecule has 0 radical (unpaired) electrons. The van der Waals surface area contributed by atoms with Gasteiger partial charge in [0.05, 0.1) is 0 Å². The van der Waals surface area contributed by atoms with Crippen LogP contribution in [-0.2, 0) is 16.3 Å². The van der Waals surface area contributed by atoms with Crippen molar-refractivity contribution in [3.8, 4) is 0 Å². The van der Waals surface area contributed by atoms with Crippen molar-refractivity contribution in [3.05, 3.63) is 30.3 Å². The number of alkyl halides is 3. The summed E-state index contributed by atoms with van der Waals surface area (Å²) in [7, 11) is 0. The number of halogens is 3. The lowest BCUT2D eigenvalue weighted by molar-refractivity contribution is 0.381. The number of hydrogen-bond donors (Lipinski definition) is 0. The highest BCUT2D eigenvalue weighted by molar-refractivity contribution is 8.18. The molecule has 84 valence electrons. The molecule has 1 rings (SSSR count). The van der Waals surface area contributed by atoms with Crippen LogP contribution in [-0.4, -0.2) is 10.1 Å². The summed E-state index contributed by atoms with van der Waals surface area (Å²) >= 11 is 23.1.